The molecular formula is C13H20N2O2S2. The Kier molecular flexibility index (Phi) is 5.56. The number of hydrogen-bond acceptors (Lipinski definition) is 4. The summed E-state index contributed by atoms with van der Waals surface area (Å²) in [6.07, 6.45) is 0. The van der Waals surface area contributed by atoms with Crippen LogP contribution in [0.25, 0.3) is 0 Å². The van der Waals surface area contributed by atoms with E-state index in [1.807, 2.05) is 32.2 Å². The minimum absolute atomic E-state index is 0.116. The average Bonchev–Trinajstić information content (AvgIpc) is 2.68. The summed E-state index contributed by atoms with van der Waals surface area (Å²) in [4.78, 5) is 0.943. The third kappa shape index (κ3) is 6.73. The maximum atomic E-state index is 11.8. The molecule has 106 valence electrons. The molecule has 0 amide bonds. The summed E-state index contributed by atoms with van der Waals surface area (Å²) in [6, 6.07) is 1.88. The Bertz CT molecular complexity index is 572. The first-order chi connectivity index (χ1) is 8.72. The van der Waals surface area contributed by atoms with E-state index in [0.29, 0.717) is 13.1 Å². The summed E-state index contributed by atoms with van der Waals surface area (Å²) in [5.74, 6) is 5.80. The molecule has 0 fully saturated rings. The van der Waals surface area contributed by atoms with Gasteiger partial charge in [-0.15, -0.1) is 11.3 Å². The molecule has 6 heteroatoms. The second-order valence-electron chi connectivity index (χ2n) is 5.45. The highest BCUT2D eigenvalue weighted by Crippen LogP contribution is 2.17. The quantitative estimate of drug-likeness (QED) is 0.828. The predicted molar refractivity (Wildman–Crippen MR) is 80.3 cm³/mol. The molecule has 0 radical (unpaired) electrons. The molecule has 1 rings (SSSR count). The van der Waals surface area contributed by atoms with Crippen molar-refractivity contribution in [1.29, 1.82) is 0 Å². The first-order valence-corrected chi connectivity index (χ1v) is 8.49. The van der Waals surface area contributed by atoms with Gasteiger partial charge in [0.05, 0.1) is 12.3 Å². The summed E-state index contributed by atoms with van der Waals surface area (Å²) in [7, 11) is -3.24. The topological polar surface area (TPSA) is 72.2 Å². The molecule has 0 saturated carbocycles. The molecule has 1 aromatic heterocycles. The highest BCUT2D eigenvalue weighted by molar-refractivity contribution is 7.89. The first kappa shape index (κ1) is 16.2. The van der Waals surface area contributed by atoms with E-state index in [-0.39, 0.29) is 11.2 Å². The van der Waals surface area contributed by atoms with Gasteiger partial charge in [-0.1, -0.05) is 32.6 Å². The van der Waals surface area contributed by atoms with Crippen LogP contribution in [0.4, 0.5) is 0 Å². The van der Waals surface area contributed by atoms with E-state index in [4.69, 9.17) is 5.73 Å². The maximum absolute atomic E-state index is 11.8. The van der Waals surface area contributed by atoms with E-state index in [2.05, 4.69) is 16.6 Å². The number of hydrogen-bond donors (Lipinski definition) is 2. The van der Waals surface area contributed by atoms with Crippen molar-refractivity contribution in [2.75, 3.05) is 12.3 Å². The normalized spacial score (nSPS) is 12.0. The lowest BCUT2D eigenvalue weighted by Crippen LogP contribution is -2.31. The fourth-order valence-electron chi connectivity index (χ4n) is 1.49. The molecule has 0 spiro atoms. The van der Waals surface area contributed by atoms with E-state index < -0.39 is 10.0 Å². The van der Waals surface area contributed by atoms with E-state index in [1.54, 1.807) is 0 Å². The van der Waals surface area contributed by atoms with Crippen LogP contribution in [0.2, 0.25) is 0 Å². The van der Waals surface area contributed by atoms with Gasteiger partial charge in [-0.25, -0.2) is 13.1 Å². The van der Waals surface area contributed by atoms with Gasteiger partial charge in [-0.05, 0) is 11.5 Å². The van der Waals surface area contributed by atoms with Crippen molar-refractivity contribution in [3.05, 3.63) is 21.9 Å². The van der Waals surface area contributed by atoms with Gasteiger partial charge >= 0.3 is 0 Å². The van der Waals surface area contributed by atoms with Crippen molar-refractivity contribution in [1.82, 2.24) is 4.72 Å². The molecule has 1 aromatic rings. The summed E-state index contributed by atoms with van der Waals surface area (Å²) in [5, 5.41) is 1.90. The van der Waals surface area contributed by atoms with Gasteiger partial charge in [0.2, 0.25) is 10.0 Å². The third-order valence-corrected chi connectivity index (χ3v) is 4.84. The SMILES string of the molecule is CC(C)(C)CS(=O)(=O)NCc1cc(C#CCN)cs1. The number of rotatable bonds is 4. The van der Waals surface area contributed by atoms with Crippen LogP contribution in [0.5, 0.6) is 0 Å². The van der Waals surface area contributed by atoms with Crippen LogP contribution >= 0.6 is 11.3 Å². The van der Waals surface area contributed by atoms with Gasteiger partial charge in [0, 0.05) is 22.4 Å². The van der Waals surface area contributed by atoms with Crippen molar-refractivity contribution in [2.45, 2.75) is 27.3 Å². The Morgan fingerprint density at radius 3 is 2.68 bits per heavy atom. The van der Waals surface area contributed by atoms with Crippen LogP contribution in [-0.4, -0.2) is 20.7 Å². The second-order valence-corrected chi connectivity index (χ2v) is 8.25. The number of nitrogens with two attached hydrogens (primary N) is 1. The van der Waals surface area contributed by atoms with Crippen LogP contribution in [0.15, 0.2) is 11.4 Å². The van der Waals surface area contributed by atoms with Gasteiger partial charge < -0.3 is 5.73 Å². The van der Waals surface area contributed by atoms with Crippen molar-refractivity contribution in [3.8, 4) is 11.8 Å². The Hall–Kier alpha value is -0.870. The van der Waals surface area contributed by atoms with Gasteiger partial charge in [-0.3, -0.25) is 0 Å². The number of nitrogens with one attached hydrogen (secondary N) is 1. The monoisotopic (exact) mass is 300 g/mol. The number of thiophene rings is 1. The molecule has 3 N–H and O–H groups in total. The van der Waals surface area contributed by atoms with Crippen LogP contribution in [0, 0.1) is 17.3 Å². The summed E-state index contributed by atoms with van der Waals surface area (Å²) in [5.41, 5.74) is 5.92. The van der Waals surface area contributed by atoms with Gasteiger partial charge in [0.25, 0.3) is 0 Å². The van der Waals surface area contributed by atoms with Crippen molar-refractivity contribution in [3.63, 3.8) is 0 Å². The fraction of sp³-hybridized carbons (Fsp3) is 0.538. The van der Waals surface area contributed by atoms with Crippen LogP contribution in [0.1, 0.15) is 31.2 Å². The highest BCUT2D eigenvalue weighted by atomic mass is 32.2. The molecule has 0 atom stereocenters. The molecule has 0 aliphatic rings. The molecular weight excluding hydrogens is 280 g/mol. The maximum Gasteiger partial charge on any atom is 0.212 e. The minimum Gasteiger partial charge on any atom is -0.320 e. The second kappa shape index (κ2) is 6.53. The molecule has 0 unspecified atom stereocenters. The average molecular weight is 300 g/mol. The summed E-state index contributed by atoms with van der Waals surface area (Å²) in [6.45, 7) is 6.34. The standard InChI is InChI=1S/C13H20N2O2S2/c1-13(2,3)10-19(16,17)15-8-12-7-11(9-18-12)5-4-6-14/h7,9,15H,6,8,10,14H2,1-3H3. The van der Waals surface area contributed by atoms with Crippen LogP contribution in [-0.2, 0) is 16.6 Å². The molecule has 0 bridgehead atoms. The largest absolute Gasteiger partial charge is 0.320 e. The van der Waals surface area contributed by atoms with E-state index >= 15 is 0 Å². The van der Waals surface area contributed by atoms with Crippen molar-refractivity contribution < 1.29 is 8.42 Å². The first-order valence-electron chi connectivity index (χ1n) is 5.95. The molecule has 0 aliphatic carbocycles. The smallest absolute Gasteiger partial charge is 0.212 e. The molecule has 4 nitrogen and oxygen atoms in total. The van der Waals surface area contributed by atoms with Gasteiger partial charge in [0.1, 0.15) is 0 Å². The highest BCUT2D eigenvalue weighted by Gasteiger charge is 2.21. The summed E-state index contributed by atoms with van der Waals surface area (Å²) < 4.78 is 26.3. The lowest BCUT2D eigenvalue weighted by molar-refractivity contribution is 0.458. The van der Waals surface area contributed by atoms with Crippen LogP contribution < -0.4 is 10.5 Å². The molecule has 0 saturated heterocycles. The van der Waals surface area contributed by atoms with E-state index in [1.165, 1.54) is 11.3 Å². The zero-order chi connectivity index (χ0) is 14.5. The van der Waals surface area contributed by atoms with E-state index in [0.717, 1.165) is 10.4 Å². The zero-order valence-electron chi connectivity index (χ0n) is 11.5. The molecule has 0 aliphatic heterocycles. The summed E-state index contributed by atoms with van der Waals surface area (Å²) >= 11 is 1.49. The van der Waals surface area contributed by atoms with Crippen molar-refractivity contribution in [2.24, 2.45) is 11.1 Å². The third-order valence-electron chi connectivity index (χ3n) is 2.08. The van der Waals surface area contributed by atoms with Crippen molar-refractivity contribution >= 4 is 21.4 Å². The lowest BCUT2D eigenvalue weighted by atomic mass is 10.0. The Labute approximate surface area is 119 Å². The Morgan fingerprint density at radius 2 is 2.11 bits per heavy atom. The van der Waals surface area contributed by atoms with Gasteiger partial charge in [0.15, 0.2) is 0 Å². The van der Waals surface area contributed by atoms with E-state index in [9.17, 15) is 8.42 Å². The Balaban J connectivity index is 2.60. The Morgan fingerprint density at radius 1 is 1.42 bits per heavy atom. The zero-order valence-corrected chi connectivity index (χ0v) is 13.1. The number of sulfonamides is 1. The molecule has 1 heterocycles. The predicted octanol–water partition coefficient (Wildman–Crippen LogP) is 1.52. The van der Waals surface area contributed by atoms with Crippen LogP contribution in [0.3, 0.4) is 0 Å². The molecule has 0 aromatic carbocycles. The van der Waals surface area contributed by atoms with Gasteiger partial charge in [-0.2, -0.15) is 0 Å². The fourth-order valence-corrected chi connectivity index (χ4v) is 3.96. The minimum atomic E-state index is -3.24. The molecule has 19 heavy (non-hydrogen) atoms. The lowest BCUT2D eigenvalue weighted by Gasteiger charge is -2.18.